The van der Waals surface area contributed by atoms with Crippen molar-refractivity contribution in [3.8, 4) is 0 Å². The van der Waals surface area contributed by atoms with Gasteiger partial charge in [-0.3, -0.25) is 0 Å². The van der Waals surface area contributed by atoms with Gasteiger partial charge in [-0.15, -0.1) is 0 Å². The summed E-state index contributed by atoms with van der Waals surface area (Å²) < 4.78 is 25.6. The summed E-state index contributed by atoms with van der Waals surface area (Å²) in [4.78, 5) is 2.08. The van der Waals surface area contributed by atoms with Crippen molar-refractivity contribution in [1.82, 2.24) is 10.2 Å². The molecule has 0 atom stereocenters. The van der Waals surface area contributed by atoms with Gasteiger partial charge in [-0.1, -0.05) is 0 Å². The Morgan fingerprint density at radius 3 is 2.61 bits per heavy atom. The van der Waals surface area contributed by atoms with Crippen LogP contribution < -0.4 is 10.6 Å². The minimum atomic E-state index is -0.893. The van der Waals surface area contributed by atoms with Gasteiger partial charge in [0, 0.05) is 18.3 Å². The molecule has 0 aliphatic heterocycles. The van der Waals surface area contributed by atoms with E-state index in [0.29, 0.717) is 10.8 Å². The van der Waals surface area contributed by atoms with Gasteiger partial charge in [0.2, 0.25) is 0 Å². The standard InChI is InChI=1S/C12H17F2N3S/c1-17(2)7-3-6-15-12(18)16-9-4-5-10(13)11(14)8-9/h4-5,8H,3,6-7H2,1-2H3,(H2,15,16,18). The first kappa shape index (κ1) is 14.8. The molecule has 0 aliphatic rings. The summed E-state index contributed by atoms with van der Waals surface area (Å²) in [5, 5.41) is 6.20. The predicted molar refractivity (Wildman–Crippen MR) is 73.8 cm³/mol. The third kappa shape index (κ3) is 5.37. The highest BCUT2D eigenvalue weighted by molar-refractivity contribution is 7.80. The number of benzene rings is 1. The molecule has 0 saturated heterocycles. The molecule has 100 valence electrons. The molecule has 0 aliphatic carbocycles. The Balaban J connectivity index is 2.33. The molecule has 0 heterocycles. The summed E-state index contributed by atoms with van der Waals surface area (Å²) >= 11 is 5.04. The third-order valence-corrected chi connectivity index (χ3v) is 2.49. The molecule has 3 nitrogen and oxygen atoms in total. The summed E-state index contributed by atoms with van der Waals surface area (Å²) in [6, 6.07) is 3.57. The number of halogens is 2. The van der Waals surface area contributed by atoms with Crippen LogP contribution in [-0.2, 0) is 0 Å². The van der Waals surface area contributed by atoms with Gasteiger partial charge < -0.3 is 15.5 Å². The fourth-order valence-corrected chi connectivity index (χ4v) is 1.57. The predicted octanol–water partition coefficient (Wildman–Crippen LogP) is 2.20. The molecule has 0 radical (unpaired) electrons. The number of nitrogens with one attached hydrogen (secondary N) is 2. The lowest BCUT2D eigenvalue weighted by Crippen LogP contribution is -2.30. The van der Waals surface area contributed by atoms with Gasteiger partial charge in [0.1, 0.15) is 0 Å². The zero-order valence-corrected chi connectivity index (χ0v) is 11.3. The maximum atomic E-state index is 12.9. The Labute approximate surface area is 111 Å². The molecule has 0 unspecified atom stereocenters. The second-order valence-corrected chi connectivity index (χ2v) is 4.57. The average Bonchev–Trinajstić information content (AvgIpc) is 2.29. The lowest BCUT2D eigenvalue weighted by atomic mass is 10.3. The van der Waals surface area contributed by atoms with E-state index in [2.05, 4.69) is 15.5 Å². The molecule has 0 bridgehead atoms. The molecule has 1 rings (SSSR count). The number of rotatable bonds is 5. The number of anilines is 1. The van der Waals surface area contributed by atoms with Gasteiger partial charge in [0.15, 0.2) is 16.7 Å². The highest BCUT2D eigenvalue weighted by Crippen LogP contribution is 2.12. The van der Waals surface area contributed by atoms with E-state index in [4.69, 9.17) is 12.2 Å². The quantitative estimate of drug-likeness (QED) is 0.635. The van der Waals surface area contributed by atoms with Crippen LogP contribution in [-0.4, -0.2) is 37.2 Å². The van der Waals surface area contributed by atoms with Crippen molar-refractivity contribution >= 4 is 23.0 Å². The van der Waals surface area contributed by atoms with Gasteiger partial charge in [0.05, 0.1) is 0 Å². The van der Waals surface area contributed by atoms with Crippen molar-refractivity contribution in [3.63, 3.8) is 0 Å². The lowest BCUT2D eigenvalue weighted by molar-refractivity contribution is 0.400. The van der Waals surface area contributed by atoms with E-state index in [1.54, 1.807) is 0 Å². The molecular formula is C12H17F2N3S. The molecule has 6 heteroatoms. The van der Waals surface area contributed by atoms with Crippen LogP contribution in [0.25, 0.3) is 0 Å². The maximum absolute atomic E-state index is 12.9. The minimum absolute atomic E-state index is 0.403. The zero-order valence-electron chi connectivity index (χ0n) is 10.5. The summed E-state index contributed by atoms with van der Waals surface area (Å²) in [5.74, 6) is -1.76. The molecular weight excluding hydrogens is 256 g/mol. The third-order valence-electron chi connectivity index (χ3n) is 2.25. The first-order valence-electron chi connectivity index (χ1n) is 5.63. The number of hydrogen-bond acceptors (Lipinski definition) is 2. The van der Waals surface area contributed by atoms with Crippen LogP contribution >= 0.6 is 12.2 Å². The number of thiocarbonyl (C=S) groups is 1. The highest BCUT2D eigenvalue weighted by atomic mass is 32.1. The van der Waals surface area contributed by atoms with Crippen molar-refractivity contribution in [2.75, 3.05) is 32.5 Å². The van der Waals surface area contributed by atoms with Crippen molar-refractivity contribution in [3.05, 3.63) is 29.8 Å². The molecule has 2 N–H and O–H groups in total. The first-order chi connectivity index (χ1) is 8.49. The Morgan fingerprint density at radius 2 is 2.00 bits per heavy atom. The molecule has 18 heavy (non-hydrogen) atoms. The Hall–Kier alpha value is -1.27. The topological polar surface area (TPSA) is 27.3 Å². The van der Waals surface area contributed by atoms with Crippen molar-refractivity contribution in [2.45, 2.75) is 6.42 Å². The second kappa shape index (κ2) is 7.23. The van der Waals surface area contributed by atoms with Gasteiger partial charge in [-0.05, 0) is 51.4 Å². The van der Waals surface area contributed by atoms with Crippen LogP contribution in [0.3, 0.4) is 0 Å². The van der Waals surface area contributed by atoms with Crippen LogP contribution in [0, 0.1) is 11.6 Å². The molecule has 0 aromatic heterocycles. The van der Waals surface area contributed by atoms with Crippen LogP contribution in [0.5, 0.6) is 0 Å². The van der Waals surface area contributed by atoms with E-state index in [1.807, 2.05) is 14.1 Å². The van der Waals surface area contributed by atoms with Crippen LogP contribution in [0.4, 0.5) is 14.5 Å². The minimum Gasteiger partial charge on any atom is -0.362 e. The normalized spacial score (nSPS) is 10.5. The van der Waals surface area contributed by atoms with E-state index in [0.717, 1.165) is 31.6 Å². The average molecular weight is 273 g/mol. The van der Waals surface area contributed by atoms with Gasteiger partial charge >= 0.3 is 0 Å². The zero-order chi connectivity index (χ0) is 13.5. The second-order valence-electron chi connectivity index (χ2n) is 4.17. The number of hydrogen-bond donors (Lipinski definition) is 2. The highest BCUT2D eigenvalue weighted by Gasteiger charge is 2.03. The van der Waals surface area contributed by atoms with Crippen molar-refractivity contribution < 1.29 is 8.78 Å². The van der Waals surface area contributed by atoms with E-state index in [-0.39, 0.29) is 0 Å². The van der Waals surface area contributed by atoms with E-state index < -0.39 is 11.6 Å². The molecule has 0 amide bonds. The maximum Gasteiger partial charge on any atom is 0.170 e. The first-order valence-corrected chi connectivity index (χ1v) is 6.04. The molecule has 1 aromatic rings. The van der Waals surface area contributed by atoms with E-state index in [9.17, 15) is 8.78 Å². The molecule has 1 aromatic carbocycles. The van der Waals surface area contributed by atoms with Gasteiger partial charge in [0.25, 0.3) is 0 Å². The lowest BCUT2D eigenvalue weighted by Gasteiger charge is -2.12. The largest absolute Gasteiger partial charge is 0.362 e. The Morgan fingerprint density at radius 1 is 1.28 bits per heavy atom. The Bertz CT molecular complexity index is 410. The van der Waals surface area contributed by atoms with Crippen LogP contribution in [0.1, 0.15) is 6.42 Å². The smallest absolute Gasteiger partial charge is 0.170 e. The SMILES string of the molecule is CN(C)CCCNC(=S)Nc1ccc(F)c(F)c1. The summed E-state index contributed by atoms with van der Waals surface area (Å²) in [6.45, 7) is 1.69. The van der Waals surface area contributed by atoms with Crippen molar-refractivity contribution in [2.24, 2.45) is 0 Å². The van der Waals surface area contributed by atoms with Gasteiger partial charge in [-0.2, -0.15) is 0 Å². The Kier molecular flexibility index (Phi) is 5.94. The van der Waals surface area contributed by atoms with E-state index >= 15 is 0 Å². The molecule has 0 saturated carbocycles. The van der Waals surface area contributed by atoms with Crippen LogP contribution in [0.15, 0.2) is 18.2 Å². The fraction of sp³-hybridized carbons (Fsp3) is 0.417. The fourth-order valence-electron chi connectivity index (χ4n) is 1.35. The number of nitrogens with zero attached hydrogens (tertiary/aromatic N) is 1. The van der Waals surface area contributed by atoms with Crippen molar-refractivity contribution in [1.29, 1.82) is 0 Å². The monoisotopic (exact) mass is 273 g/mol. The molecule has 0 fully saturated rings. The van der Waals surface area contributed by atoms with Crippen LogP contribution in [0.2, 0.25) is 0 Å². The summed E-state index contributed by atoms with van der Waals surface area (Å²) in [6.07, 6.45) is 0.951. The summed E-state index contributed by atoms with van der Waals surface area (Å²) in [7, 11) is 4.00. The van der Waals surface area contributed by atoms with E-state index in [1.165, 1.54) is 6.07 Å². The molecule has 0 spiro atoms. The summed E-state index contributed by atoms with van der Waals surface area (Å²) in [5.41, 5.74) is 0.430. The van der Waals surface area contributed by atoms with Gasteiger partial charge in [-0.25, -0.2) is 8.78 Å².